The minimum Gasteiger partial charge on any atom is -0.311 e. The van der Waals surface area contributed by atoms with Gasteiger partial charge in [-0.05, 0) is 119 Å². The second-order valence-corrected chi connectivity index (χ2v) is 14.2. The molecule has 3 heteroatoms. The fourth-order valence-electron chi connectivity index (χ4n) is 8.08. The molecular formula is C54H39N3. The van der Waals surface area contributed by atoms with Crippen molar-refractivity contribution in [1.29, 1.82) is 0 Å². The van der Waals surface area contributed by atoms with Gasteiger partial charge in [-0.3, -0.25) is 0 Å². The number of para-hydroxylation sites is 5. The van der Waals surface area contributed by atoms with Crippen LogP contribution in [-0.4, -0.2) is 4.57 Å². The van der Waals surface area contributed by atoms with Gasteiger partial charge in [-0.25, -0.2) is 0 Å². The maximum Gasteiger partial charge on any atom is 0.0541 e. The third-order valence-electron chi connectivity index (χ3n) is 10.7. The van der Waals surface area contributed by atoms with Crippen molar-refractivity contribution in [2.45, 2.75) is 0 Å². The highest BCUT2D eigenvalue weighted by Crippen LogP contribution is 2.40. The average Bonchev–Trinajstić information content (AvgIpc) is 3.63. The minimum absolute atomic E-state index is 1.09. The Morgan fingerprint density at radius 2 is 0.596 bits per heavy atom. The first-order valence-electron chi connectivity index (χ1n) is 19.4. The number of rotatable bonds is 9. The summed E-state index contributed by atoms with van der Waals surface area (Å²) in [6.07, 6.45) is 0. The first kappa shape index (κ1) is 33.9. The lowest BCUT2D eigenvalue weighted by Crippen LogP contribution is -2.10. The van der Waals surface area contributed by atoms with Gasteiger partial charge in [0, 0.05) is 50.6 Å². The molecule has 3 nitrogen and oxygen atoms in total. The monoisotopic (exact) mass is 729 g/mol. The van der Waals surface area contributed by atoms with Gasteiger partial charge in [0.05, 0.1) is 11.0 Å². The fourth-order valence-corrected chi connectivity index (χ4v) is 8.08. The molecule has 0 N–H and O–H groups in total. The Morgan fingerprint density at radius 3 is 1.05 bits per heavy atom. The van der Waals surface area contributed by atoms with Crippen LogP contribution in [0.4, 0.5) is 34.1 Å². The highest BCUT2D eigenvalue weighted by atomic mass is 15.1. The SMILES string of the molecule is c1ccc(N(c2ccccc2)c2ccc(-c3cccc(N(c4ccccc4)c4cccc(-c5ccc(-n6c7ccccc7c7ccccc76)cc5)c4)c3)cc2)cc1. The quantitative estimate of drug-likeness (QED) is 0.147. The van der Waals surface area contributed by atoms with Crippen molar-refractivity contribution in [1.82, 2.24) is 4.57 Å². The van der Waals surface area contributed by atoms with E-state index in [1.54, 1.807) is 0 Å². The predicted molar refractivity (Wildman–Crippen MR) is 241 cm³/mol. The summed E-state index contributed by atoms with van der Waals surface area (Å²) in [6, 6.07) is 84.6. The Hall–Kier alpha value is -7.62. The van der Waals surface area contributed by atoms with Crippen molar-refractivity contribution in [3.8, 4) is 27.9 Å². The molecule has 1 aromatic heterocycles. The van der Waals surface area contributed by atoms with Gasteiger partial charge in [0.1, 0.15) is 0 Å². The number of hydrogen-bond donors (Lipinski definition) is 0. The van der Waals surface area contributed by atoms with Crippen molar-refractivity contribution in [3.05, 3.63) is 237 Å². The molecule has 0 bridgehead atoms. The molecule has 0 amide bonds. The predicted octanol–water partition coefficient (Wildman–Crippen LogP) is 15.1. The van der Waals surface area contributed by atoms with Crippen LogP contribution in [-0.2, 0) is 0 Å². The number of hydrogen-bond acceptors (Lipinski definition) is 2. The minimum atomic E-state index is 1.09. The molecule has 10 aromatic rings. The zero-order chi connectivity index (χ0) is 38.0. The third-order valence-corrected chi connectivity index (χ3v) is 10.7. The van der Waals surface area contributed by atoms with Crippen LogP contribution in [0.3, 0.4) is 0 Å². The first-order valence-corrected chi connectivity index (χ1v) is 19.4. The molecule has 0 aliphatic carbocycles. The van der Waals surface area contributed by atoms with Gasteiger partial charge in [0.15, 0.2) is 0 Å². The molecule has 0 atom stereocenters. The van der Waals surface area contributed by atoms with Crippen molar-refractivity contribution in [2.24, 2.45) is 0 Å². The third kappa shape index (κ3) is 6.52. The van der Waals surface area contributed by atoms with Crippen LogP contribution >= 0.6 is 0 Å². The molecule has 0 spiro atoms. The zero-order valence-corrected chi connectivity index (χ0v) is 31.4. The number of nitrogens with zero attached hydrogens (tertiary/aromatic N) is 3. The lowest BCUT2D eigenvalue weighted by molar-refractivity contribution is 1.18. The Kier molecular flexibility index (Phi) is 8.86. The molecule has 0 saturated carbocycles. The maximum atomic E-state index is 2.37. The number of benzene rings is 9. The zero-order valence-electron chi connectivity index (χ0n) is 31.4. The van der Waals surface area contributed by atoms with E-state index in [-0.39, 0.29) is 0 Å². The Labute approximate surface area is 333 Å². The molecule has 0 fully saturated rings. The summed E-state index contributed by atoms with van der Waals surface area (Å²) in [7, 11) is 0. The lowest BCUT2D eigenvalue weighted by atomic mass is 10.0. The van der Waals surface area contributed by atoms with E-state index in [0.717, 1.165) is 56.5 Å². The van der Waals surface area contributed by atoms with Crippen LogP contribution in [0.15, 0.2) is 237 Å². The molecule has 1 heterocycles. The van der Waals surface area contributed by atoms with Crippen LogP contribution in [0, 0.1) is 0 Å². The van der Waals surface area contributed by atoms with Crippen LogP contribution in [0.25, 0.3) is 49.7 Å². The van der Waals surface area contributed by atoms with Gasteiger partial charge in [-0.15, -0.1) is 0 Å². The fraction of sp³-hybridized carbons (Fsp3) is 0. The standard InChI is InChI=1S/C54H39N3/c1-4-18-44(19-5-1)55(45-20-6-2-7-21-45)47-34-30-40(31-35-47)42-16-14-24-49(38-42)56(46-22-8-3-9-23-46)50-25-15-17-43(39-50)41-32-36-48(37-33-41)57-53-28-12-10-26-51(53)52-27-11-13-29-54(52)57/h1-39H. The molecule has 9 aromatic carbocycles. The highest BCUT2D eigenvalue weighted by molar-refractivity contribution is 6.09. The Balaban J connectivity index is 0.986. The summed E-state index contributed by atoms with van der Waals surface area (Å²) in [4.78, 5) is 4.64. The molecule has 0 aliphatic heterocycles. The number of fused-ring (bicyclic) bond motifs is 3. The molecule has 270 valence electrons. The van der Waals surface area contributed by atoms with E-state index in [9.17, 15) is 0 Å². The van der Waals surface area contributed by atoms with E-state index in [0.29, 0.717) is 0 Å². The maximum absolute atomic E-state index is 2.37. The van der Waals surface area contributed by atoms with E-state index >= 15 is 0 Å². The second-order valence-electron chi connectivity index (χ2n) is 14.2. The van der Waals surface area contributed by atoms with E-state index < -0.39 is 0 Å². The highest BCUT2D eigenvalue weighted by Gasteiger charge is 2.17. The number of anilines is 6. The van der Waals surface area contributed by atoms with Crippen molar-refractivity contribution in [3.63, 3.8) is 0 Å². The van der Waals surface area contributed by atoms with Crippen LogP contribution < -0.4 is 9.80 Å². The second kappa shape index (κ2) is 14.9. The molecule has 0 unspecified atom stereocenters. The van der Waals surface area contributed by atoms with Gasteiger partial charge >= 0.3 is 0 Å². The van der Waals surface area contributed by atoms with Crippen LogP contribution in [0.2, 0.25) is 0 Å². The number of aromatic nitrogens is 1. The Bertz CT molecular complexity index is 2840. The van der Waals surface area contributed by atoms with Crippen molar-refractivity contribution >= 4 is 55.9 Å². The molecule has 0 saturated heterocycles. The molecule has 10 rings (SSSR count). The summed E-state index contributed by atoms with van der Waals surface area (Å²) in [5, 5.41) is 2.54. The van der Waals surface area contributed by atoms with Gasteiger partial charge in [-0.1, -0.05) is 140 Å². The molecule has 0 aliphatic rings. The van der Waals surface area contributed by atoms with Gasteiger partial charge in [-0.2, -0.15) is 0 Å². The van der Waals surface area contributed by atoms with Crippen molar-refractivity contribution < 1.29 is 0 Å². The van der Waals surface area contributed by atoms with Crippen molar-refractivity contribution in [2.75, 3.05) is 9.80 Å². The van der Waals surface area contributed by atoms with Gasteiger partial charge < -0.3 is 14.4 Å². The normalized spacial score (nSPS) is 11.2. The topological polar surface area (TPSA) is 11.4 Å². The van der Waals surface area contributed by atoms with E-state index in [4.69, 9.17) is 0 Å². The van der Waals surface area contributed by atoms with E-state index in [1.807, 2.05) is 0 Å². The van der Waals surface area contributed by atoms with Gasteiger partial charge in [0.25, 0.3) is 0 Å². The lowest BCUT2D eigenvalue weighted by Gasteiger charge is -2.27. The summed E-state index contributed by atoms with van der Waals surface area (Å²) in [5.41, 5.74) is 14.9. The van der Waals surface area contributed by atoms with Gasteiger partial charge in [0.2, 0.25) is 0 Å². The van der Waals surface area contributed by atoms with E-state index in [2.05, 4.69) is 251 Å². The summed E-state index contributed by atoms with van der Waals surface area (Å²) in [6.45, 7) is 0. The first-order chi connectivity index (χ1) is 28.3. The molecular weight excluding hydrogens is 691 g/mol. The van der Waals surface area contributed by atoms with Crippen LogP contribution in [0.5, 0.6) is 0 Å². The van der Waals surface area contributed by atoms with E-state index in [1.165, 1.54) is 27.4 Å². The smallest absolute Gasteiger partial charge is 0.0541 e. The molecule has 57 heavy (non-hydrogen) atoms. The molecule has 0 radical (unpaired) electrons. The summed E-state index contributed by atoms with van der Waals surface area (Å²) in [5.74, 6) is 0. The summed E-state index contributed by atoms with van der Waals surface area (Å²) < 4.78 is 2.37. The average molecular weight is 730 g/mol. The van der Waals surface area contributed by atoms with Crippen LogP contribution in [0.1, 0.15) is 0 Å². The Morgan fingerprint density at radius 1 is 0.246 bits per heavy atom. The largest absolute Gasteiger partial charge is 0.311 e. The summed E-state index contributed by atoms with van der Waals surface area (Å²) >= 11 is 0.